The number of nitrogens with one attached hydrogen (secondary N) is 2. The average molecular weight is 222 g/mol. The Morgan fingerprint density at radius 3 is 2.65 bits per heavy atom. The summed E-state index contributed by atoms with van der Waals surface area (Å²) < 4.78 is 0. The second-order valence-electron chi connectivity index (χ2n) is 4.23. The number of hydrogen-bond acceptors (Lipinski definition) is 2. The molecule has 1 heterocycles. The predicted molar refractivity (Wildman–Crippen MR) is 71.1 cm³/mol. The molecule has 2 aromatic carbocycles. The fraction of sp³-hybridized carbons (Fsp3) is 0.0667. The molecule has 0 radical (unpaired) electrons. The van der Waals surface area contributed by atoms with Crippen LogP contribution in [0, 0.1) is 0 Å². The van der Waals surface area contributed by atoms with Crippen molar-refractivity contribution in [3.05, 3.63) is 72.3 Å². The van der Waals surface area contributed by atoms with Gasteiger partial charge in [-0.05, 0) is 16.3 Å². The second-order valence-corrected chi connectivity index (χ2v) is 4.23. The molecule has 3 rings (SSSR count). The van der Waals surface area contributed by atoms with Gasteiger partial charge in [-0.3, -0.25) is 0 Å². The maximum absolute atomic E-state index is 3.83. The number of hydrogen-bond donors (Lipinski definition) is 2. The van der Waals surface area contributed by atoms with Crippen molar-refractivity contribution in [1.29, 1.82) is 0 Å². The Bertz CT molecular complexity index is 606. The molecule has 0 unspecified atom stereocenters. The molecule has 0 spiro atoms. The summed E-state index contributed by atoms with van der Waals surface area (Å²) in [6.07, 6.45) is 2.87. The third kappa shape index (κ3) is 1.89. The lowest BCUT2D eigenvalue weighted by Crippen LogP contribution is -2.11. The first-order valence-electron chi connectivity index (χ1n) is 5.71. The highest BCUT2D eigenvalue weighted by molar-refractivity contribution is 5.85. The quantitative estimate of drug-likeness (QED) is 0.816. The zero-order valence-electron chi connectivity index (χ0n) is 9.53. The summed E-state index contributed by atoms with van der Waals surface area (Å²) in [7, 11) is 0. The molecule has 84 valence electrons. The van der Waals surface area contributed by atoms with E-state index in [-0.39, 0.29) is 0 Å². The molecular weight excluding hydrogens is 208 g/mol. The molecule has 0 aromatic heterocycles. The topological polar surface area (TPSA) is 24.1 Å². The molecule has 1 aliphatic heterocycles. The van der Waals surface area contributed by atoms with Gasteiger partial charge >= 0.3 is 0 Å². The standard InChI is InChI=1S/C15H14N2/c1-11-16-10-14(17-11)9-13-7-4-6-12-5-2-3-8-15(12)13/h2-8,10,16-17H,1,9H2. The zero-order valence-corrected chi connectivity index (χ0v) is 9.53. The van der Waals surface area contributed by atoms with Gasteiger partial charge in [-0.2, -0.15) is 0 Å². The Morgan fingerprint density at radius 1 is 1.00 bits per heavy atom. The summed E-state index contributed by atoms with van der Waals surface area (Å²) >= 11 is 0. The SMILES string of the molecule is C=C1NC=C(Cc2cccc3ccccc23)N1. The third-order valence-corrected chi connectivity index (χ3v) is 2.99. The van der Waals surface area contributed by atoms with Crippen molar-refractivity contribution in [2.45, 2.75) is 6.42 Å². The van der Waals surface area contributed by atoms with E-state index in [2.05, 4.69) is 59.7 Å². The van der Waals surface area contributed by atoms with E-state index >= 15 is 0 Å². The van der Waals surface area contributed by atoms with Crippen molar-refractivity contribution in [2.75, 3.05) is 0 Å². The third-order valence-electron chi connectivity index (χ3n) is 2.99. The summed E-state index contributed by atoms with van der Waals surface area (Å²) in [6.45, 7) is 3.83. The zero-order chi connectivity index (χ0) is 11.7. The molecule has 2 N–H and O–H groups in total. The summed E-state index contributed by atoms with van der Waals surface area (Å²) in [4.78, 5) is 0. The first kappa shape index (κ1) is 9.97. The fourth-order valence-corrected chi connectivity index (χ4v) is 2.19. The van der Waals surface area contributed by atoms with Crippen LogP contribution < -0.4 is 10.6 Å². The molecule has 2 nitrogen and oxygen atoms in total. The molecule has 0 atom stereocenters. The molecule has 0 saturated carbocycles. The van der Waals surface area contributed by atoms with Crippen LogP contribution in [0.2, 0.25) is 0 Å². The smallest absolute Gasteiger partial charge is 0.0995 e. The lowest BCUT2D eigenvalue weighted by Gasteiger charge is -2.07. The van der Waals surface area contributed by atoms with E-state index in [0.29, 0.717) is 0 Å². The van der Waals surface area contributed by atoms with Crippen molar-refractivity contribution >= 4 is 10.8 Å². The lowest BCUT2D eigenvalue weighted by molar-refractivity contribution is 0.930. The molecule has 17 heavy (non-hydrogen) atoms. The monoisotopic (exact) mass is 222 g/mol. The lowest BCUT2D eigenvalue weighted by atomic mass is 10.0. The summed E-state index contributed by atoms with van der Waals surface area (Å²) in [5, 5.41) is 8.90. The molecular formula is C15H14N2. The number of fused-ring (bicyclic) bond motifs is 1. The van der Waals surface area contributed by atoms with Gasteiger partial charge in [0.15, 0.2) is 0 Å². The fourth-order valence-electron chi connectivity index (χ4n) is 2.19. The first-order chi connectivity index (χ1) is 8.33. The van der Waals surface area contributed by atoms with Gasteiger partial charge in [0, 0.05) is 18.3 Å². The van der Waals surface area contributed by atoms with Crippen molar-refractivity contribution in [3.8, 4) is 0 Å². The van der Waals surface area contributed by atoms with Crippen molar-refractivity contribution in [3.63, 3.8) is 0 Å². The van der Waals surface area contributed by atoms with Crippen LogP contribution in [-0.4, -0.2) is 0 Å². The normalized spacial score (nSPS) is 14.4. The molecule has 1 aliphatic rings. The van der Waals surface area contributed by atoms with Crippen LogP contribution in [-0.2, 0) is 6.42 Å². The van der Waals surface area contributed by atoms with Crippen LogP contribution in [0.5, 0.6) is 0 Å². The Balaban J connectivity index is 1.98. The maximum atomic E-state index is 3.83. The van der Waals surface area contributed by atoms with Crippen LogP contribution in [0.3, 0.4) is 0 Å². The average Bonchev–Trinajstić information content (AvgIpc) is 2.75. The number of rotatable bonds is 2. The van der Waals surface area contributed by atoms with E-state index in [0.717, 1.165) is 17.9 Å². The Labute approximate surface area is 101 Å². The predicted octanol–water partition coefficient (Wildman–Crippen LogP) is 2.89. The van der Waals surface area contributed by atoms with Gasteiger partial charge in [-0.1, -0.05) is 49.0 Å². The van der Waals surface area contributed by atoms with Crippen LogP contribution in [0.15, 0.2) is 66.8 Å². The molecule has 2 aromatic rings. The van der Waals surface area contributed by atoms with E-state index in [1.54, 1.807) is 0 Å². The van der Waals surface area contributed by atoms with E-state index in [1.807, 2.05) is 6.20 Å². The van der Waals surface area contributed by atoms with Crippen molar-refractivity contribution < 1.29 is 0 Å². The van der Waals surface area contributed by atoms with Crippen LogP contribution in [0.25, 0.3) is 10.8 Å². The summed E-state index contributed by atoms with van der Waals surface area (Å²) in [6, 6.07) is 14.9. The van der Waals surface area contributed by atoms with Crippen molar-refractivity contribution in [1.82, 2.24) is 10.6 Å². The molecule has 2 heteroatoms. The highest BCUT2D eigenvalue weighted by Gasteiger charge is 2.08. The Morgan fingerprint density at radius 2 is 1.82 bits per heavy atom. The van der Waals surface area contributed by atoms with Gasteiger partial charge in [0.2, 0.25) is 0 Å². The molecule has 0 saturated heterocycles. The molecule has 0 amide bonds. The largest absolute Gasteiger partial charge is 0.347 e. The first-order valence-corrected chi connectivity index (χ1v) is 5.71. The molecule has 0 fully saturated rings. The van der Waals surface area contributed by atoms with E-state index in [4.69, 9.17) is 0 Å². The molecule has 0 aliphatic carbocycles. The summed E-state index contributed by atoms with van der Waals surface area (Å²) in [5.74, 6) is 0.847. The van der Waals surface area contributed by atoms with Gasteiger partial charge in [-0.15, -0.1) is 0 Å². The van der Waals surface area contributed by atoms with E-state index < -0.39 is 0 Å². The highest BCUT2D eigenvalue weighted by Crippen LogP contribution is 2.21. The van der Waals surface area contributed by atoms with Gasteiger partial charge < -0.3 is 10.6 Å². The molecule has 0 bridgehead atoms. The van der Waals surface area contributed by atoms with Crippen LogP contribution in [0.1, 0.15) is 5.56 Å². The Kier molecular flexibility index (Phi) is 2.33. The second kappa shape index (κ2) is 3.98. The maximum Gasteiger partial charge on any atom is 0.0995 e. The van der Waals surface area contributed by atoms with E-state index in [9.17, 15) is 0 Å². The van der Waals surface area contributed by atoms with Crippen LogP contribution >= 0.6 is 0 Å². The van der Waals surface area contributed by atoms with Crippen molar-refractivity contribution in [2.24, 2.45) is 0 Å². The summed E-state index contributed by atoms with van der Waals surface area (Å²) in [5.41, 5.74) is 2.49. The van der Waals surface area contributed by atoms with Crippen LogP contribution in [0.4, 0.5) is 0 Å². The van der Waals surface area contributed by atoms with Gasteiger partial charge in [-0.25, -0.2) is 0 Å². The Hall–Kier alpha value is -2.22. The van der Waals surface area contributed by atoms with E-state index in [1.165, 1.54) is 16.3 Å². The van der Waals surface area contributed by atoms with Gasteiger partial charge in [0.05, 0.1) is 5.82 Å². The number of benzene rings is 2. The van der Waals surface area contributed by atoms with Gasteiger partial charge in [0.25, 0.3) is 0 Å². The van der Waals surface area contributed by atoms with Gasteiger partial charge in [0.1, 0.15) is 0 Å². The minimum Gasteiger partial charge on any atom is -0.347 e. The number of allylic oxidation sites excluding steroid dienone is 1. The highest BCUT2D eigenvalue weighted by atomic mass is 15.1. The minimum absolute atomic E-state index is 0.847. The minimum atomic E-state index is 0.847.